The van der Waals surface area contributed by atoms with Gasteiger partial charge in [-0.25, -0.2) is 9.59 Å². The summed E-state index contributed by atoms with van der Waals surface area (Å²) >= 11 is 0. The Morgan fingerprint density at radius 3 is 2.22 bits per heavy atom. The summed E-state index contributed by atoms with van der Waals surface area (Å²) < 4.78 is 10.4. The topological polar surface area (TPSA) is 95.7 Å². The highest BCUT2D eigenvalue weighted by atomic mass is 16.6. The van der Waals surface area contributed by atoms with Crippen molar-refractivity contribution in [3.8, 4) is 0 Å². The molecular weight excluding hydrogens is 350 g/mol. The monoisotopic (exact) mass is 371 g/mol. The summed E-state index contributed by atoms with van der Waals surface area (Å²) in [6, 6.07) is 10.8. The largest absolute Gasteiger partial charge is 0.462 e. The molecule has 142 valence electrons. The van der Waals surface area contributed by atoms with Gasteiger partial charge in [0.25, 0.3) is 5.69 Å². The van der Waals surface area contributed by atoms with Gasteiger partial charge in [0.1, 0.15) is 6.61 Å². The molecule has 27 heavy (non-hydrogen) atoms. The molecule has 0 aliphatic carbocycles. The molecule has 0 spiro atoms. The maximum atomic E-state index is 12.4. The van der Waals surface area contributed by atoms with Gasteiger partial charge in [-0.05, 0) is 43.2 Å². The summed E-state index contributed by atoms with van der Waals surface area (Å²) in [5, 5.41) is 10.9. The third kappa shape index (κ3) is 5.37. The van der Waals surface area contributed by atoms with Crippen LogP contribution >= 0.6 is 0 Å². The van der Waals surface area contributed by atoms with Gasteiger partial charge in [0.05, 0.1) is 22.7 Å². The van der Waals surface area contributed by atoms with Crippen molar-refractivity contribution in [3.63, 3.8) is 0 Å². The molecule has 0 radical (unpaired) electrons. The fourth-order valence-corrected chi connectivity index (χ4v) is 2.46. The van der Waals surface area contributed by atoms with Gasteiger partial charge in [-0.1, -0.05) is 25.5 Å². The number of benzene rings is 2. The number of nitrogens with zero attached hydrogens (tertiary/aromatic N) is 1. The van der Waals surface area contributed by atoms with Crippen LogP contribution in [0.5, 0.6) is 0 Å². The van der Waals surface area contributed by atoms with E-state index >= 15 is 0 Å². The van der Waals surface area contributed by atoms with E-state index < -0.39 is 16.9 Å². The second-order valence-corrected chi connectivity index (χ2v) is 5.99. The van der Waals surface area contributed by atoms with E-state index in [9.17, 15) is 19.7 Å². The molecule has 0 aromatic heterocycles. The number of aryl methyl sites for hydroxylation is 1. The fraction of sp³-hybridized carbons (Fsp3) is 0.300. The van der Waals surface area contributed by atoms with Gasteiger partial charge in [0.2, 0.25) is 0 Å². The predicted molar refractivity (Wildman–Crippen MR) is 98.6 cm³/mol. The minimum absolute atomic E-state index is 0.00486. The van der Waals surface area contributed by atoms with E-state index in [-0.39, 0.29) is 23.4 Å². The lowest BCUT2D eigenvalue weighted by atomic mass is 10.1. The smallest absolute Gasteiger partial charge is 0.339 e. The van der Waals surface area contributed by atoms with Gasteiger partial charge >= 0.3 is 11.9 Å². The minimum Gasteiger partial charge on any atom is -0.462 e. The van der Waals surface area contributed by atoms with E-state index in [1.807, 2.05) is 6.92 Å². The average molecular weight is 371 g/mol. The summed E-state index contributed by atoms with van der Waals surface area (Å²) in [6.45, 7) is 3.84. The first-order valence-corrected chi connectivity index (χ1v) is 8.61. The number of carbonyl (C=O) groups is 2. The molecule has 7 nitrogen and oxygen atoms in total. The zero-order valence-corrected chi connectivity index (χ0v) is 15.3. The molecule has 0 fully saturated rings. The second-order valence-electron chi connectivity index (χ2n) is 5.99. The molecule has 0 aliphatic rings. The lowest BCUT2D eigenvalue weighted by Gasteiger charge is -2.10. The fourth-order valence-electron chi connectivity index (χ4n) is 2.46. The average Bonchev–Trinajstić information content (AvgIpc) is 2.66. The molecule has 0 saturated heterocycles. The molecule has 0 N–H and O–H groups in total. The van der Waals surface area contributed by atoms with Crippen LogP contribution in [0.2, 0.25) is 0 Å². The maximum Gasteiger partial charge on any atom is 0.339 e. The second kappa shape index (κ2) is 9.47. The SMILES string of the molecule is CCCCOC(=O)c1ccccc1C(=O)OCc1ccc([N+](=O)[O-])c(C)c1. The molecule has 0 unspecified atom stereocenters. The highest BCUT2D eigenvalue weighted by Gasteiger charge is 2.19. The van der Waals surface area contributed by atoms with Crippen LogP contribution in [0.25, 0.3) is 0 Å². The number of nitro benzene ring substituents is 1. The Balaban J connectivity index is 2.07. The van der Waals surface area contributed by atoms with Gasteiger partial charge in [0, 0.05) is 11.6 Å². The van der Waals surface area contributed by atoms with Crippen LogP contribution in [0.4, 0.5) is 5.69 Å². The zero-order chi connectivity index (χ0) is 19.8. The number of carbonyl (C=O) groups excluding carboxylic acids is 2. The predicted octanol–water partition coefficient (Wildman–Crippen LogP) is 4.22. The summed E-state index contributed by atoms with van der Waals surface area (Å²) in [7, 11) is 0. The summed E-state index contributed by atoms with van der Waals surface area (Å²) in [4.78, 5) is 35.0. The van der Waals surface area contributed by atoms with E-state index in [2.05, 4.69) is 0 Å². The van der Waals surface area contributed by atoms with Crippen molar-refractivity contribution in [2.24, 2.45) is 0 Å². The number of hydrogen-bond acceptors (Lipinski definition) is 6. The highest BCUT2D eigenvalue weighted by Crippen LogP contribution is 2.20. The van der Waals surface area contributed by atoms with Crippen molar-refractivity contribution in [2.75, 3.05) is 6.61 Å². The van der Waals surface area contributed by atoms with Crippen LogP contribution in [0.15, 0.2) is 42.5 Å². The van der Waals surface area contributed by atoms with Crippen molar-refractivity contribution < 1.29 is 24.0 Å². The van der Waals surface area contributed by atoms with E-state index in [0.717, 1.165) is 12.8 Å². The quantitative estimate of drug-likeness (QED) is 0.298. The van der Waals surface area contributed by atoms with Crippen LogP contribution in [0.1, 0.15) is 51.6 Å². The molecule has 0 heterocycles. The first kappa shape index (κ1) is 20.1. The molecule has 2 rings (SSSR count). The van der Waals surface area contributed by atoms with Crippen molar-refractivity contribution in [3.05, 3.63) is 74.8 Å². The summed E-state index contributed by atoms with van der Waals surface area (Å²) in [5.74, 6) is -1.23. The Labute approximate surface area is 157 Å². The van der Waals surface area contributed by atoms with Crippen molar-refractivity contribution in [1.29, 1.82) is 0 Å². The number of ether oxygens (including phenoxy) is 2. The van der Waals surface area contributed by atoms with Gasteiger partial charge in [-0.2, -0.15) is 0 Å². The van der Waals surface area contributed by atoms with Crippen molar-refractivity contribution in [2.45, 2.75) is 33.3 Å². The number of rotatable bonds is 8. The van der Waals surface area contributed by atoms with E-state index in [1.54, 1.807) is 25.1 Å². The van der Waals surface area contributed by atoms with E-state index in [4.69, 9.17) is 9.47 Å². The first-order valence-electron chi connectivity index (χ1n) is 8.61. The zero-order valence-electron chi connectivity index (χ0n) is 15.3. The normalized spacial score (nSPS) is 10.3. The maximum absolute atomic E-state index is 12.4. The van der Waals surface area contributed by atoms with Gasteiger partial charge in [0.15, 0.2) is 0 Å². The lowest BCUT2D eigenvalue weighted by Crippen LogP contribution is -2.14. The molecular formula is C20H21NO6. The van der Waals surface area contributed by atoms with Crippen molar-refractivity contribution >= 4 is 17.6 Å². The Kier molecular flexibility index (Phi) is 7.05. The number of unbranched alkanes of at least 4 members (excludes halogenated alkanes) is 1. The lowest BCUT2D eigenvalue weighted by molar-refractivity contribution is -0.385. The van der Waals surface area contributed by atoms with Crippen LogP contribution in [0, 0.1) is 17.0 Å². The van der Waals surface area contributed by atoms with E-state index in [1.165, 1.54) is 24.3 Å². The number of hydrogen-bond donors (Lipinski definition) is 0. The van der Waals surface area contributed by atoms with Crippen LogP contribution < -0.4 is 0 Å². The Hall–Kier alpha value is -3.22. The number of nitro groups is 1. The standard InChI is InChI=1S/C20H21NO6/c1-3-4-11-26-19(22)16-7-5-6-8-17(16)20(23)27-13-15-9-10-18(21(24)25)14(2)12-15/h5-10,12H,3-4,11,13H2,1-2H3. The Bertz CT molecular complexity index is 846. The minimum atomic E-state index is -0.658. The highest BCUT2D eigenvalue weighted by molar-refractivity contribution is 6.03. The third-order valence-electron chi connectivity index (χ3n) is 3.93. The van der Waals surface area contributed by atoms with Crippen molar-refractivity contribution in [1.82, 2.24) is 0 Å². The van der Waals surface area contributed by atoms with Crippen LogP contribution in [0.3, 0.4) is 0 Å². The third-order valence-corrected chi connectivity index (χ3v) is 3.93. The molecule has 0 bridgehead atoms. The molecule has 2 aromatic rings. The first-order chi connectivity index (χ1) is 12.9. The molecule has 0 atom stereocenters. The summed E-state index contributed by atoms with van der Waals surface area (Å²) in [6.07, 6.45) is 1.64. The molecule has 0 saturated carbocycles. The van der Waals surface area contributed by atoms with Crippen LogP contribution in [-0.4, -0.2) is 23.5 Å². The van der Waals surface area contributed by atoms with E-state index in [0.29, 0.717) is 17.7 Å². The molecule has 0 amide bonds. The molecule has 7 heteroatoms. The molecule has 0 aliphatic heterocycles. The molecule has 2 aromatic carbocycles. The van der Waals surface area contributed by atoms with Gasteiger partial charge in [-0.15, -0.1) is 0 Å². The van der Waals surface area contributed by atoms with Gasteiger partial charge < -0.3 is 9.47 Å². The van der Waals surface area contributed by atoms with Gasteiger partial charge in [-0.3, -0.25) is 10.1 Å². The Morgan fingerprint density at radius 1 is 1.04 bits per heavy atom. The Morgan fingerprint density at radius 2 is 1.67 bits per heavy atom. The summed E-state index contributed by atoms with van der Waals surface area (Å²) in [5.41, 5.74) is 1.38. The van der Waals surface area contributed by atoms with Crippen LogP contribution in [-0.2, 0) is 16.1 Å². The number of esters is 2.